The molecule has 5 nitrogen and oxygen atoms in total. The molecule has 1 aliphatic rings. The van der Waals surface area contributed by atoms with Gasteiger partial charge in [0.2, 0.25) is 0 Å². The number of fused-ring (bicyclic) bond motifs is 1. The van der Waals surface area contributed by atoms with Crippen molar-refractivity contribution < 1.29 is 9.13 Å². The lowest BCUT2D eigenvalue weighted by Crippen LogP contribution is -2.36. The van der Waals surface area contributed by atoms with E-state index in [9.17, 15) is 4.39 Å². The molecule has 0 bridgehead atoms. The average molecular weight is 465 g/mol. The lowest BCUT2D eigenvalue weighted by Gasteiger charge is -2.29. The summed E-state index contributed by atoms with van der Waals surface area (Å²) in [6.07, 6.45) is 1.79. The Morgan fingerprint density at radius 1 is 0.909 bits per heavy atom. The Morgan fingerprint density at radius 3 is 2.30 bits per heavy atom. The molecule has 0 amide bonds. The van der Waals surface area contributed by atoms with Crippen LogP contribution in [-0.2, 0) is 4.74 Å². The summed E-state index contributed by atoms with van der Waals surface area (Å²) in [6, 6.07) is 14.6. The molecular weight excluding hydrogens is 439 g/mol. The average Bonchev–Trinajstić information content (AvgIpc) is 2.81. The van der Waals surface area contributed by atoms with Crippen LogP contribution in [0.25, 0.3) is 22.2 Å². The second-order valence-corrected chi connectivity index (χ2v) is 8.39. The fourth-order valence-corrected chi connectivity index (χ4v) is 3.84. The Labute approximate surface area is 198 Å². The number of pyridine rings is 1. The zero-order chi connectivity index (χ0) is 23.4. The molecule has 1 fully saturated rings. The molecule has 4 aromatic rings. The summed E-state index contributed by atoms with van der Waals surface area (Å²) in [5, 5.41) is 0.373. The van der Waals surface area contributed by atoms with E-state index in [1.165, 1.54) is 6.07 Å². The molecule has 0 atom stereocenters. The van der Waals surface area contributed by atoms with E-state index < -0.39 is 0 Å². The van der Waals surface area contributed by atoms with E-state index in [1.54, 1.807) is 18.3 Å². The lowest BCUT2D eigenvalue weighted by atomic mass is 10.0. The second kappa shape index (κ2) is 10.2. The van der Waals surface area contributed by atoms with Gasteiger partial charge in [0, 0.05) is 46.8 Å². The summed E-state index contributed by atoms with van der Waals surface area (Å²) in [4.78, 5) is 15.6. The van der Waals surface area contributed by atoms with Crippen molar-refractivity contribution in [2.45, 2.75) is 20.8 Å². The predicted molar refractivity (Wildman–Crippen MR) is 131 cm³/mol. The van der Waals surface area contributed by atoms with Gasteiger partial charge in [0.25, 0.3) is 0 Å². The highest BCUT2D eigenvalue weighted by atomic mass is 35.5. The molecule has 170 valence electrons. The normalized spacial score (nSPS) is 13.5. The third-order valence-corrected chi connectivity index (χ3v) is 5.81. The maximum absolute atomic E-state index is 14.7. The number of morpholine rings is 1. The molecule has 3 heterocycles. The van der Waals surface area contributed by atoms with Crippen LogP contribution in [0.3, 0.4) is 0 Å². The molecule has 0 saturated carbocycles. The van der Waals surface area contributed by atoms with Gasteiger partial charge in [0.1, 0.15) is 5.82 Å². The Morgan fingerprint density at radius 2 is 1.67 bits per heavy atom. The van der Waals surface area contributed by atoms with E-state index in [2.05, 4.69) is 9.88 Å². The highest BCUT2D eigenvalue weighted by molar-refractivity contribution is 6.30. The Bertz CT molecular complexity index is 1260. The van der Waals surface area contributed by atoms with Crippen molar-refractivity contribution in [3.8, 4) is 11.1 Å². The van der Waals surface area contributed by atoms with Crippen LogP contribution in [0.15, 0.2) is 54.7 Å². The Hall–Kier alpha value is -3.09. The number of benzene rings is 2. The number of aromatic nitrogens is 3. The quantitative estimate of drug-likeness (QED) is 0.368. The third-order valence-electron chi connectivity index (χ3n) is 5.58. The minimum absolute atomic E-state index is 0.363. The number of hydrogen-bond acceptors (Lipinski definition) is 5. The highest BCUT2D eigenvalue weighted by Crippen LogP contribution is 2.34. The molecule has 0 unspecified atom stereocenters. The van der Waals surface area contributed by atoms with Gasteiger partial charge in [-0.15, -0.1) is 0 Å². The van der Waals surface area contributed by atoms with Gasteiger partial charge < -0.3 is 9.64 Å². The monoisotopic (exact) mass is 464 g/mol. The van der Waals surface area contributed by atoms with Crippen molar-refractivity contribution in [2.75, 3.05) is 31.2 Å². The van der Waals surface area contributed by atoms with Crippen LogP contribution in [0.2, 0.25) is 5.02 Å². The Balaban J connectivity index is 0.000000318. The van der Waals surface area contributed by atoms with Crippen molar-refractivity contribution in [2.24, 2.45) is 0 Å². The number of aryl methyl sites for hydroxylation is 3. The summed E-state index contributed by atoms with van der Waals surface area (Å²) in [6.45, 7) is 8.78. The standard InChI is InChI=1S/C20H19ClFN3O.C6H7N/c1-12-13(2)24-20-17(16-4-3-14(21)9-18(16)22)10-15(11-19(20)23-12)25-5-7-26-8-6-25;1-6-4-2-3-5-7-6/h3-4,9-11H,5-8H2,1-2H3;2-5H,1H3. The van der Waals surface area contributed by atoms with Crippen LogP contribution in [0, 0.1) is 26.6 Å². The van der Waals surface area contributed by atoms with Gasteiger partial charge in [-0.1, -0.05) is 17.7 Å². The van der Waals surface area contributed by atoms with Crippen LogP contribution in [0.5, 0.6) is 0 Å². The molecule has 2 aromatic carbocycles. The van der Waals surface area contributed by atoms with Crippen molar-refractivity contribution in [1.29, 1.82) is 0 Å². The van der Waals surface area contributed by atoms with E-state index in [0.29, 0.717) is 29.3 Å². The molecule has 2 aromatic heterocycles. The zero-order valence-electron chi connectivity index (χ0n) is 19.0. The fraction of sp³-hybridized carbons (Fsp3) is 0.269. The minimum Gasteiger partial charge on any atom is -0.378 e. The first-order valence-electron chi connectivity index (χ1n) is 10.9. The van der Waals surface area contributed by atoms with Gasteiger partial charge in [0.15, 0.2) is 0 Å². The largest absolute Gasteiger partial charge is 0.378 e. The number of rotatable bonds is 2. The van der Waals surface area contributed by atoms with Gasteiger partial charge in [-0.3, -0.25) is 4.98 Å². The first-order valence-corrected chi connectivity index (χ1v) is 11.2. The molecular formula is C26H26ClFN4O. The molecule has 7 heteroatoms. The van der Waals surface area contributed by atoms with Crippen molar-refractivity contribution >= 4 is 28.3 Å². The first kappa shape index (κ1) is 23.1. The SMILES string of the molecule is Cc1ccccn1.Cc1nc2cc(N3CCOCC3)cc(-c3ccc(Cl)cc3F)c2nc1C. The van der Waals surface area contributed by atoms with Crippen LogP contribution in [0.1, 0.15) is 17.1 Å². The maximum Gasteiger partial charge on any atom is 0.132 e. The fourth-order valence-electron chi connectivity index (χ4n) is 3.68. The van der Waals surface area contributed by atoms with Gasteiger partial charge in [-0.05, 0) is 63.2 Å². The van der Waals surface area contributed by atoms with E-state index in [4.69, 9.17) is 26.3 Å². The first-order chi connectivity index (χ1) is 15.9. The maximum atomic E-state index is 14.7. The van der Waals surface area contributed by atoms with Crippen LogP contribution >= 0.6 is 11.6 Å². The molecule has 5 rings (SSSR count). The van der Waals surface area contributed by atoms with Gasteiger partial charge >= 0.3 is 0 Å². The summed E-state index contributed by atoms with van der Waals surface area (Å²) in [7, 11) is 0. The van der Waals surface area contributed by atoms with E-state index in [0.717, 1.165) is 46.9 Å². The number of nitrogens with zero attached hydrogens (tertiary/aromatic N) is 4. The topological polar surface area (TPSA) is 51.1 Å². The zero-order valence-corrected chi connectivity index (χ0v) is 19.7. The number of anilines is 1. The van der Waals surface area contributed by atoms with Crippen LogP contribution in [0.4, 0.5) is 10.1 Å². The third kappa shape index (κ3) is 5.46. The van der Waals surface area contributed by atoms with Crippen LogP contribution in [-0.4, -0.2) is 41.3 Å². The summed E-state index contributed by atoms with van der Waals surface area (Å²) in [5.74, 6) is -0.363. The molecule has 0 spiro atoms. The summed E-state index contributed by atoms with van der Waals surface area (Å²) < 4.78 is 20.1. The number of hydrogen-bond donors (Lipinski definition) is 0. The highest BCUT2D eigenvalue weighted by Gasteiger charge is 2.18. The van der Waals surface area contributed by atoms with E-state index >= 15 is 0 Å². The van der Waals surface area contributed by atoms with Crippen LogP contribution < -0.4 is 4.90 Å². The van der Waals surface area contributed by atoms with Crippen molar-refractivity contribution in [1.82, 2.24) is 15.0 Å². The summed E-state index contributed by atoms with van der Waals surface area (Å²) in [5.41, 5.74) is 6.46. The predicted octanol–water partition coefficient (Wildman–Crippen LogP) is 5.93. The van der Waals surface area contributed by atoms with Gasteiger partial charge in [0.05, 0.1) is 35.6 Å². The molecule has 0 N–H and O–H groups in total. The lowest BCUT2D eigenvalue weighted by molar-refractivity contribution is 0.122. The minimum atomic E-state index is -0.363. The summed E-state index contributed by atoms with van der Waals surface area (Å²) >= 11 is 5.93. The number of ether oxygens (including phenoxy) is 1. The second-order valence-electron chi connectivity index (χ2n) is 7.95. The Kier molecular flexibility index (Phi) is 7.16. The molecule has 1 aliphatic heterocycles. The van der Waals surface area contributed by atoms with Crippen molar-refractivity contribution in [3.63, 3.8) is 0 Å². The molecule has 33 heavy (non-hydrogen) atoms. The van der Waals surface area contributed by atoms with Gasteiger partial charge in [-0.2, -0.15) is 0 Å². The molecule has 0 aliphatic carbocycles. The number of halogens is 2. The smallest absolute Gasteiger partial charge is 0.132 e. The molecule has 0 radical (unpaired) electrons. The van der Waals surface area contributed by atoms with Crippen molar-refractivity contribution in [3.05, 3.63) is 82.6 Å². The van der Waals surface area contributed by atoms with E-state index in [-0.39, 0.29) is 5.82 Å². The molecule has 1 saturated heterocycles. The van der Waals surface area contributed by atoms with E-state index in [1.807, 2.05) is 51.1 Å². The van der Waals surface area contributed by atoms with Gasteiger partial charge in [-0.25, -0.2) is 14.4 Å².